The number of nitrogens with two attached hydrogens (primary N) is 1. The van der Waals surface area contributed by atoms with E-state index in [1.54, 1.807) is 4.90 Å². The molecule has 2 atom stereocenters. The molecule has 2 aromatic rings. The number of nitrogens with one attached hydrogen (secondary N) is 1. The first-order valence-corrected chi connectivity index (χ1v) is 18.1. The van der Waals surface area contributed by atoms with Crippen LogP contribution in [0, 0.1) is 0 Å². The van der Waals surface area contributed by atoms with Crippen molar-refractivity contribution in [3.05, 3.63) is 45.1 Å². The monoisotopic (exact) mass is 785 g/mol. The van der Waals surface area contributed by atoms with Gasteiger partial charge in [-0.3, -0.25) is 19.3 Å². The number of carboxylic acids is 2. The summed E-state index contributed by atoms with van der Waals surface area (Å²) in [7, 11) is 0. The predicted molar refractivity (Wildman–Crippen MR) is 179 cm³/mol. The summed E-state index contributed by atoms with van der Waals surface area (Å²) < 4.78 is 0.479. The number of anilines is 1. The van der Waals surface area contributed by atoms with E-state index >= 15 is 0 Å². The molecular weight excluding hydrogens is 753 g/mol. The number of hydrogen-bond donors (Lipinski definition) is 4. The van der Waals surface area contributed by atoms with Crippen LogP contribution >= 0.6 is 34.7 Å². The van der Waals surface area contributed by atoms with E-state index in [1.165, 1.54) is 43.1 Å². The molecule has 272 valence electrons. The number of hydrogen-bond acceptors (Lipinski definition) is 15. The first-order valence-electron chi connectivity index (χ1n) is 15.8. The van der Waals surface area contributed by atoms with E-state index in [4.69, 9.17) is 22.2 Å². The SMILES string of the molecule is CC(C)(O/N=C(\C(=O)N[C@@H]1C(=O)N2C(C(=O)[O-])=C(C[N+]34CCC(CC3)N(C(=O)c3ccc(O)c(O)c3Cl)CC4)CS[C@H]12)c1csc(N)n1)C(=O)[O-].[Na+]. The van der Waals surface area contributed by atoms with Crippen molar-refractivity contribution in [1.29, 1.82) is 0 Å². The van der Waals surface area contributed by atoms with Gasteiger partial charge in [-0.25, -0.2) is 4.98 Å². The summed E-state index contributed by atoms with van der Waals surface area (Å²) in [5.41, 5.74) is 3.64. The second-order valence-corrected chi connectivity index (χ2v) is 15.6. The topological polar surface area (TPSA) is 251 Å². The van der Waals surface area contributed by atoms with Gasteiger partial charge < -0.3 is 55.3 Å². The third kappa shape index (κ3) is 7.31. The number of piperidine rings is 1. The number of aliphatic carboxylic acids is 2. The summed E-state index contributed by atoms with van der Waals surface area (Å²) in [6.07, 6.45) is 1.26. The fourth-order valence-electron chi connectivity index (χ4n) is 6.72. The molecule has 3 amide bonds. The Hall–Kier alpha value is -3.59. The second kappa shape index (κ2) is 15.0. The number of benzene rings is 1. The van der Waals surface area contributed by atoms with E-state index in [0.717, 1.165) is 16.2 Å². The molecule has 5 N–H and O–H groups in total. The number of halogens is 1. The van der Waals surface area contributed by atoms with E-state index in [0.29, 0.717) is 55.6 Å². The number of rotatable bonds is 10. The number of nitrogens with zero attached hydrogens (tertiary/aromatic N) is 5. The Kier molecular flexibility index (Phi) is 11.5. The van der Waals surface area contributed by atoms with Crippen LogP contribution in [-0.2, 0) is 24.0 Å². The van der Waals surface area contributed by atoms with Gasteiger partial charge in [-0.2, -0.15) is 0 Å². The van der Waals surface area contributed by atoms with Crippen molar-refractivity contribution in [2.75, 3.05) is 44.2 Å². The molecule has 0 unspecified atom stereocenters. The molecule has 6 heterocycles. The Morgan fingerprint density at radius 1 is 1.19 bits per heavy atom. The van der Waals surface area contributed by atoms with Crippen molar-refractivity contribution < 1.29 is 83.3 Å². The molecule has 0 saturated carbocycles. The molecule has 5 aliphatic heterocycles. The van der Waals surface area contributed by atoms with Gasteiger partial charge in [0.05, 0.1) is 54.4 Å². The first kappa shape index (κ1) is 39.6. The number of phenolic OH excluding ortho intramolecular Hbond substituents is 2. The van der Waals surface area contributed by atoms with E-state index in [1.807, 2.05) is 0 Å². The number of quaternary nitrogens is 1. The van der Waals surface area contributed by atoms with Gasteiger partial charge in [-0.1, -0.05) is 16.8 Å². The number of oxime groups is 1. The molecule has 17 nitrogen and oxygen atoms in total. The Bertz CT molecular complexity index is 1900. The van der Waals surface area contributed by atoms with Gasteiger partial charge in [0.2, 0.25) is 0 Å². The third-order valence-electron chi connectivity index (χ3n) is 9.61. The summed E-state index contributed by atoms with van der Waals surface area (Å²) >= 11 is 8.46. The van der Waals surface area contributed by atoms with Gasteiger partial charge >= 0.3 is 29.6 Å². The largest absolute Gasteiger partial charge is 1.00 e. The maximum absolute atomic E-state index is 13.5. The predicted octanol–water partition coefficient (Wildman–Crippen LogP) is -4.42. The van der Waals surface area contributed by atoms with Crippen molar-refractivity contribution >= 4 is 75.2 Å². The van der Waals surface area contributed by atoms with Crippen LogP contribution in [0.1, 0.15) is 42.7 Å². The zero-order valence-electron chi connectivity index (χ0n) is 28.3. The van der Waals surface area contributed by atoms with Gasteiger partial charge in [-0.05, 0) is 26.0 Å². The van der Waals surface area contributed by atoms with Crippen LogP contribution in [0.3, 0.4) is 0 Å². The standard InChI is InChI=1S/C31H34ClN7O10S2.Na/c1-31(2,29(47)48)49-36-20(17-13-51-30(33)34-17)24(42)35-21-26(44)38-22(28(45)46)14(12-50-27(21)38)11-39-8-5-15(6-9-39)37(7-10-39)25(43)16-3-4-18(40)23(41)19(16)32;/h3-4,13,15,21,27H,5-12H2,1-2H3,(H6-,33,34,35,36,40,41,42,43,45,46,47,48);/q;+1/p-1/t15?,21-,27-,39?;/m1./s1. The Morgan fingerprint density at radius 2 is 1.88 bits per heavy atom. The summed E-state index contributed by atoms with van der Waals surface area (Å²) in [4.78, 5) is 76.3. The van der Waals surface area contributed by atoms with Crippen LogP contribution in [0.2, 0.25) is 5.02 Å². The number of amides is 3. The quantitative estimate of drug-likeness (QED) is 0.0444. The average Bonchev–Trinajstić information content (AvgIpc) is 3.33. The molecule has 5 aliphatic rings. The third-order valence-corrected chi connectivity index (χ3v) is 12.0. The second-order valence-electron chi connectivity index (χ2n) is 13.2. The van der Waals surface area contributed by atoms with Crippen molar-refractivity contribution in [3.8, 4) is 11.5 Å². The maximum atomic E-state index is 13.5. The molecule has 7 rings (SSSR count). The fourth-order valence-corrected chi connectivity index (χ4v) is 8.85. The van der Waals surface area contributed by atoms with E-state index in [2.05, 4.69) is 15.5 Å². The van der Waals surface area contributed by atoms with Crippen LogP contribution in [0.4, 0.5) is 5.13 Å². The number of fused-ring (bicyclic) bond motifs is 5. The number of phenols is 2. The van der Waals surface area contributed by atoms with Crippen LogP contribution < -0.4 is 50.8 Å². The zero-order chi connectivity index (χ0) is 37.0. The van der Waals surface area contributed by atoms with Gasteiger partial charge in [0, 0.05) is 35.6 Å². The summed E-state index contributed by atoms with van der Waals surface area (Å²) in [6, 6.07) is 1.31. The average molecular weight is 786 g/mol. The van der Waals surface area contributed by atoms with Crippen LogP contribution in [0.15, 0.2) is 33.9 Å². The summed E-state index contributed by atoms with van der Waals surface area (Å²) in [6.45, 7) is 4.76. The van der Waals surface area contributed by atoms with E-state index in [-0.39, 0.29) is 74.4 Å². The number of aromatic hydroxyl groups is 2. The Morgan fingerprint density at radius 3 is 2.50 bits per heavy atom. The molecule has 1 aromatic heterocycles. The molecule has 0 spiro atoms. The number of thioether (sulfide) groups is 1. The van der Waals surface area contributed by atoms with E-state index in [9.17, 15) is 44.4 Å². The minimum atomic E-state index is -1.91. The van der Waals surface area contributed by atoms with Crippen molar-refractivity contribution in [3.63, 3.8) is 0 Å². The fraction of sp³-hybridized carbons (Fsp3) is 0.452. The van der Waals surface area contributed by atoms with E-state index < -0.39 is 58.0 Å². The number of carbonyl (C=O) groups is 5. The molecule has 1 aromatic carbocycles. The smallest absolute Gasteiger partial charge is 0.546 e. The first-order chi connectivity index (χ1) is 24.0. The number of aromatic nitrogens is 1. The van der Waals surface area contributed by atoms with Crippen molar-refractivity contribution in [2.24, 2.45) is 5.16 Å². The molecule has 52 heavy (non-hydrogen) atoms. The molecule has 21 heteroatoms. The molecule has 0 aliphatic carbocycles. The van der Waals surface area contributed by atoms with Crippen LogP contribution in [0.25, 0.3) is 0 Å². The summed E-state index contributed by atoms with van der Waals surface area (Å²) in [5.74, 6) is -5.91. The van der Waals surface area contributed by atoms with Crippen LogP contribution in [-0.4, -0.2) is 126 Å². The number of carboxylic acid groups (broad SMARTS) is 2. The molecule has 4 fully saturated rings. The molecule has 0 radical (unpaired) electrons. The minimum absolute atomic E-state index is 0. The Balaban J connectivity index is 0.00000523. The van der Waals surface area contributed by atoms with Gasteiger partial charge in [0.1, 0.15) is 23.7 Å². The summed E-state index contributed by atoms with van der Waals surface area (Å²) in [5, 5.41) is 50.6. The molecular formula is C31H33ClN7NaO10S2. The van der Waals surface area contributed by atoms with Crippen molar-refractivity contribution in [1.82, 2.24) is 20.1 Å². The number of thiazole rings is 1. The van der Waals surface area contributed by atoms with Crippen molar-refractivity contribution in [2.45, 2.75) is 49.7 Å². The number of carbonyl (C=O) groups excluding carboxylic acids is 5. The minimum Gasteiger partial charge on any atom is -0.546 e. The van der Waals surface area contributed by atoms with Gasteiger partial charge in [-0.15, -0.1) is 23.1 Å². The normalized spacial score (nSPS) is 24.3. The van der Waals surface area contributed by atoms with Crippen LogP contribution in [0.5, 0.6) is 11.5 Å². The number of β-lactam (4-membered cyclic amide) rings is 1. The maximum Gasteiger partial charge on any atom is 1.00 e. The van der Waals surface area contributed by atoms with Gasteiger partial charge in [0.15, 0.2) is 27.9 Å². The Labute approximate surface area is 332 Å². The van der Waals surface area contributed by atoms with Gasteiger partial charge in [0.25, 0.3) is 17.7 Å². The molecule has 4 saturated heterocycles. The zero-order valence-corrected chi connectivity index (χ0v) is 32.7. The molecule has 2 bridgehead atoms. The number of nitrogen functional groups attached to an aromatic ring is 1.